The number of fused-ring (bicyclic) bond motifs is 2. The SMILES string of the molecule is CCC1CC2CCC(C2)C1NC(=O)C(C)CC(=O)N1CCC(c2ccccc2Cl)N1/C=C/C=C\C=C\Cl. The summed E-state index contributed by atoms with van der Waals surface area (Å²) in [5.41, 5.74) is 2.42. The first-order valence-electron chi connectivity index (χ1n) is 13.7. The van der Waals surface area contributed by atoms with Gasteiger partial charge in [-0.25, -0.2) is 0 Å². The number of rotatable bonds is 9. The Labute approximate surface area is 231 Å². The molecule has 5 nitrogen and oxygen atoms in total. The Morgan fingerprint density at radius 3 is 2.65 bits per heavy atom. The van der Waals surface area contributed by atoms with Crippen molar-refractivity contribution in [1.82, 2.24) is 15.3 Å². The van der Waals surface area contributed by atoms with Gasteiger partial charge in [-0.2, -0.15) is 0 Å². The number of carbonyl (C=O) groups excluding carboxylic acids is 2. The maximum atomic E-state index is 13.5. The Kier molecular flexibility index (Phi) is 9.77. The van der Waals surface area contributed by atoms with E-state index < -0.39 is 0 Å². The zero-order valence-electron chi connectivity index (χ0n) is 21.9. The monoisotopic (exact) mass is 543 g/mol. The summed E-state index contributed by atoms with van der Waals surface area (Å²) in [7, 11) is 0. The van der Waals surface area contributed by atoms with Crippen LogP contribution >= 0.6 is 23.2 Å². The predicted molar refractivity (Wildman–Crippen MR) is 151 cm³/mol. The van der Waals surface area contributed by atoms with Crippen LogP contribution in [0.4, 0.5) is 0 Å². The summed E-state index contributed by atoms with van der Waals surface area (Å²) < 4.78 is 0. The van der Waals surface area contributed by atoms with E-state index in [1.807, 2.05) is 60.6 Å². The maximum Gasteiger partial charge on any atom is 0.241 e. The van der Waals surface area contributed by atoms with Crippen molar-refractivity contribution in [3.8, 4) is 0 Å². The molecular formula is C30H39Cl2N3O2. The molecule has 2 bridgehead atoms. The van der Waals surface area contributed by atoms with Crippen LogP contribution in [0, 0.1) is 23.7 Å². The van der Waals surface area contributed by atoms with Crippen LogP contribution in [0.5, 0.6) is 0 Å². The minimum atomic E-state index is -0.386. The van der Waals surface area contributed by atoms with Gasteiger partial charge in [-0.15, -0.1) is 0 Å². The number of amides is 2. The van der Waals surface area contributed by atoms with Gasteiger partial charge in [0.15, 0.2) is 0 Å². The zero-order valence-corrected chi connectivity index (χ0v) is 23.4. The van der Waals surface area contributed by atoms with Crippen molar-refractivity contribution in [2.75, 3.05) is 6.54 Å². The van der Waals surface area contributed by atoms with Crippen molar-refractivity contribution < 1.29 is 9.59 Å². The number of carbonyl (C=O) groups is 2. The highest BCUT2D eigenvalue weighted by molar-refractivity contribution is 6.31. The molecule has 2 saturated carbocycles. The van der Waals surface area contributed by atoms with Crippen LogP contribution in [0.3, 0.4) is 0 Å². The number of nitrogens with one attached hydrogen (secondary N) is 1. The third kappa shape index (κ3) is 6.61. The third-order valence-corrected chi connectivity index (χ3v) is 8.89. The van der Waals surface area contributed by atoms with Crippen molar-refractivity contribution in [3.63, 3.8) is 0 Å². The first-order valence-corrected chi connectivity index (χ1v) is 14.5. The summed E-state index contributed by atoms with van der Waals surface area (Å²) in [5.74, 6) is 1.54. The minimum absolute atomic E-state index is 0.00175. The molecule has 7 heteroatoms. The van der Waals surface area contributed by atoms with Crippen molar-refractivity contribution >= 4 is 35.0 Å². The molecule has 37 heavy (non-hydrogen) atoms. The Balaban J connectivity index is 1.43. The van der Waals surface area contributed by atoms with Crippen LogP contribution in [-0.4, -0.2) is 34.4 Å². The molecule has 6 atom stereocenters. The number of hydrogen-bond donors (Lipinski definition) is 1. The molecule has 0 spiro atoms. The molecule has 0 aromatic heterocycles. The lowest BCUT2D eigenvalue weighted by Gasteiger charge is -2.37. The molecule has 1 aromatic carbocycles. The summed E-state index contributed by atoms with van der Waals surface area (Å²) >= 11 is 12.1. The minimum Gasteiger partial charge on any atom is -0.353 e. The van der Waals surface area contributed by atoms with E-state index in [1.165, 1.54) is 31.2 Å². The second-order valence-electron chi connectivity index (χ2n) is 10.8. The van der Waals surface area contributed by atoms with Gasteiger partial charge in [0, 0.05) is 41.7 Å². The second kappa shape index (κ2) is 13.0. The van der Waals surface area contributed by atoms with E-state index in [2.05, 4.69) is 12.2 Å². The fourth-order valence-electron chi connectivity index (χ4n) is 6.49. The lowest BCUT2D eigenvalue weighted by atomic mass is 9.75. The van der Waals surface area contributed by atoms with Crippen molar-refractivity contribution in [2.45, 2.75) is 70.9 Å². The molecule has 3 fully saturated rings. The fraction of sp³-hybridized carbons (Fsp3) is 0.533. The quantitative estimate of drug-likeness (QED) is 0.340. The second-order valence-corrected chi connectivity index (χ2v) is 11.4. The van der Waals surface area contributed by atoms with E-state index in [-0.39, 0.29) is 36.2 Å². The van der Waals surface area contributed by atoms with Crippen molar-refractivity contribution in [3.05, 3.63) is 70.9 Å². The molecule has 0 radical (unpaired) electrons. The molecule has 1 aliphatic heterocycles. The van der Waals surface area contributed by atoms with Crippen LogP contribution in [0.1, 0.15) is 70.4 Å². The molecule has 1 saturated heterocycles. The van der Waals surface area contributed by atoms with Crippen molar-refractivity contribution in [1.29, 1.82) is 0 Å². The Morgan fingerprint density at radius 1 is 1.11 bits per heavy atom. The van der Waals surface area contributed by atoms with Crippen LogP contribution in [0.2, 0.25) is 5.02 Å². The van der Waals surface area contributed by atoms with Gasteiger partial charge < -0.3 is 5.32 Å². The van der Waals surface area contributed by atoms with E-state index in [9.17, 15) is 9.59 Å². The predicted octanol–water partition coefficient (Wildman–Crippen LogP) is 7.01. The highest BCUT2D eigenvalue weighted by atomic mass is 35.5. The highest BCUT2D eigenvalue weighted by Gasteiger charge is 2.42. The Bertz CT molecular complexity index is 1040. The van der Waals surface area contributed by atoms with Gasteiger partial charge in [0.2, 0.25) is 11.8 Å². The smallest absolute Gasteiger partial charge is 0.241 e. The van der Waals surface area contributed by atoms with Gasteiger partial charge in [-0.3, -0.25) is 19.6 Å². The van der Waals surface area contributed by atoms with Crippen LogP contribution < -0.4 is 5.32 Å². The molecule has 6 unspecified atom stereocenters. The maximum absolute atomic E-state index is 13.5. The standard InChI is InChI=1S/C30H39Cl2N3O2/c1-3-23-19-22-12-13-24(20-22)29(23)33-30(37)21(2)18-28(36)35-17-14-27(25-10-6-7-11-26(25)32)34(35)16-9-5-4-8-15-31/h4-11,15-16,21-24,27,29H,3,12-14,17-20H2,1-2H3,(H,33,37)/b5-4-,15-8+,16-9+. The Hall–Kier alpha value is -2.24. The summed E-state index contributed by atoms with van der Waals surface area (Å²) in [6.45, 7) is 4.67. The molecule has 200 valence electrons. The number of allylic oxidation sites excluding steroid dienone is 4. The fourth-order valence-corrected chi connectivity index (χ4v) is 6.83. The normalized spacial score (nSPS) is 28.6. The Morgan fingerprint density at radius 2 is 1.89 bits per heavy atom. The number of halogens is 2. The summed E-state index contributed by atoms with van der Waals surface area (Å²) in [4.78, 5) is 26.7. The topological polar surface area (TPSA) is 52.7 Å². The van der Waals surface area contributed by atoms with Crippen molar-refractivity contribution in [2.24, 2.45) is 23.7 Å². The van der Waals surface area contributed by atoms with Gasteiger partial charge in [0.05, 0.1) is 6.04 Å². The largest absolute Gasteiger partial charge is 0.353 e. The molecule has 3 aliphatic rings. The molecule has 1 aromatic rings. The van der Waals surface area contributed by atoms with Gasteiger partial charge in [-0.05, 0) is 61.1 Å². The average molecular weight is 545 g/mol. The summed E-state index contributed by atoms with van der Waals surface area (Å²) in [6.07, 6.45) is 16.2. The number of nitrogens with zero attached hydrogens (tertiary/aromatic N) is 2. The van der Waals surface area contributed by atoms with Gasteiger partial charge in [-0.1, -0.05) is 86.3 Å². The van der Waals surface area contributed by atoms with Gasteiger partial charge in [0.25, 0.3) is 0 Å². The molecular weight excluding hydrogens is 505 g/mol. The highest BCUT2D eigenvalue weighted by Crippen LogP contribution is 2.46. The number of benzene rings is 1. The molecule has 4 rings (SSSR count). The van der Waals surface area contributed by atoms with E-state index in [1.54, 1.807) is 11.1 Å². The third-order valence-electron chi connectivity index (χ3n) is 8.40. The summed E-state index contributed by atoms with van der Waals surface area (Å²) in [5, 5.41) is 7.77. The average Bonchev–Trinajstić information content (AvgIpc) is 3.49. The number of hydrazine groups is 1. The van der Waals surface area contributed by atoms with E-state index in [0.29, 0.717) is 23.4 Å². The van der Waals surface area contributed by atoms with Crippen LogP contribution in [0.15, 0.2) is 60.3 Å². The zero-order chi connectivity index (χ0) is 26.4. The molecule has 2 amide bonds. The first-order chi connectivity index (χ1) is 17.9. The number of hydrogen-bond acceptors (Lipinski definition) is 3. The van der Waals surface area contributed by atoms with E-state index in [0.717, 1.165) is 24.3 Å². The molecule has 1 N–H and O–H groups in total. The lowest BCUT2D eigenvalue weighted by molar-refractivity contribution is -0.145. The summed E-state index contributed by atoms with van der Waals surface area (Å²) in [6, 6.07) is 7.95. The molecule has 2 aliphatic carbocycles. The van der Waals surface area contributed by atoms with Crippen LogP contribution in [0.25, 0.3) is 0 Å². The van der Waals surface area contributed by atoms with Crippen LogP contribution in [-0.2, 0) is 9.59 Å². The van der Waals surface area contributed by atoms with E-state index in [4.69, 9.17) is 23.2 Å². The lowest BCUT2D eigenvalue weighted by Crippen LogP contribution is -2.49. The van der Waals surface area contributed by atoms with E-state index >= 15 is 0 Å². The van der Waals surface area contributed by atoms with Gasteiger partial charge in [0.1, 0.15) is 0 Å². The molecule has 1 heterocycles. The van der Waals surface area contributed by atoms with Gasteiger partial charge >= 0.3 is 0 Å². The first kappa shape index (κ1) is 27.8.